The largest absolute Gasteiger partial charge is 0.461 e. The van der Waals surface area contributed by atoms with E-state index in [-0.39, 0.29) is 12.0 Å². The van der Waals surface area contributed by atoms with Gasteiger partial charge in [0.05, 0.1) is 13.2 Å². The van der Waals surface area contributed by atoms with Gasteiger partial charge in [-0.3, -0.25) is 0 Å². The first kappa shape index (κ1) is 24.8. The highest BCUT2D eigenvalue weighted by Crippen LogP contribution is 2.41. The molecule has 1 aromatic carbocycles. The van der Waals surface area contributed by atoms with Gasteiger partial charge in [-0.05, 0) is 74.0 Å². The molecule has 0 amide bonds. The van der Waals surface area contributed by atoms with Crippen molar-refractivity contribution in [3.05, 3.63) is 29.8 Å². The van der Waals surface area contributed by atoms with Crippen LogP contribution in [0.5, 0.6) is 5.75 Å². The van der Waals surface area contributed by atoms with Crippen LogP contribution in [-0.2, 0) is 9.47 Å². The van der Waals surface area contributed by atoms with Crippen LogP contribution in [0.4, 0.5) is 17.6 Å². The van der Waals surface area contributed by atoms with Crippen LogP contribution in [0.25, 0.3) is 0 Å². The zero-order chi connectivity index (χ0) is 23.4. The summed E-state index contributed by atoms with van der Waals surface area (Å²) >= 11 is 0. The normalized spacial score (nSPS) is 33.8. The maximum Gasteiger partial charge on any atom is 0.461 e. The molecule has 2 aliphatic carbocycles. The fourth-order valence-electron chi connectivity index (χ4n) is 5.88. The zero-order valence-corrected chi connectivity index (χ0v) is 19.4. The number of hydrogen-bond donors (Lipinski definition) is 0. The third kappa shape index (κ3) is 6.21. The van der Waals surface area contributed by atoms with Gasteiger partial charge in [-0.15, -0.1) is 0 Å². The van der Waals surface area contributed by atoms with Crippen molar-refractivity contribution >= 4 is 0 Å². The lowest BCUT2D eigenvalue weighted by Crippen LogP contribution is -2.41. The Labute approximate surface area is 194 Å². The molecule has 3 aliphatic rings. The predicted molar refractivity (Wildman–Crippen MR) is 118 cm³/mol. The molecule has 1 aliphatic heterocycles. The van der Waals surface area contributed by atoms with Gasteiger partial charge in [-0.2, -0.15) is 17.6 Å². The molecule has 3 nitrogen and oxygen atoms in total. The Morgan fingerprint density at radius 3 is 1.97 bits per heavy atom. The number of ether oxygens (including phenoxy) is 3. The second-order valence-electron chi connectivity index (χ2n) is 10.1. The monoisotopic (exact) mass is 472 g/mol. The van der Waals surface area contributed by atoms with Crippen LogP contribution in [0.3, 0.4) is 0 Å². The van der Waals surface area contributed by atoms with Crippen molar-refractivity contribution < 1.29 is 31.8 Å². The summed E-state index contributed by atoms with van der Waals surface area (Å²) in [6, 6.07) is 6.10. The Hall–Kier alpha value is -1.34. The van der Waals surface area contributed by atoms with Crippen molar-refractivity contribution in [1.29, 1.82) is 0 Å². The number of rotatable bonds is 7. The van der Waals surface area contributed by atoms with Crippen molar-refractivity contribution in [2.24, 2.45) is 23.7 Å². The van der Waals surface area contributed by atoms with E-state index < -0.39 is 12.5 Å². The van der Waals surface area contributed by atoms with Gasteiger partial charge in [0.15, 0.2) is 6.29 Å². The van der Waals surface area contributed by atoms with Crippen molar-refractivity contribution in [1.82, 2.24) is 0 Å². The van der Waals surface area contributed by atoms with Gasteiger partial charge in [0, 0.05) is 11.8 Å². The topological polar surface area (TPSA) is 27.7 Å². The molecule has 4 rings (SSSR count). The molecule has 1 aromatic rings. The molecule has 0 aromatic heterocycles. The van der Waals surface area contributed by atoms with Crippen molar-refractivity contribution in [3.8, 4) is 5.75 Å². The zero-order valence-electron chi connectivity index (χ0n) is 19.4. The van der Waals surface area contributed by atoms with Gasteiger partial charge in [-0.25, -0.2) is 0 Å². The third-order valence-electron chi connectivity index (χ3n) is 8.10. The lowest BCUT2D eigenvalue weighted by atomic mass is 9.75. The molecule has 3 fully saturated rings. The van der Waals surface area contributed by atoms with Crippen LogP contribution in [0.2, 0.25) is 0 Å². The first-order valence-corrected chi connectivity index (χ1v) is 12.5. The summed E-state index contributed by atoms with van der Waals surface area (Å²) in [4.78, 5) is 0. The Bertz CT molecular complexity index is 718. The Kier molecular flexibility index (Phi) is 8.21. The van der Waals surface area contributed by atoms with Crippen LogP contribution >= 0.6 is 0 Å². The Balaban J connectivity index is 1.20. The van der Waals surface area contributed by atoms with Gasteiger partial charge in [0.1, 0.15) is 5.75 Å². The molecule has 1 saturated heterocycles. The molecule has 7 heteroatoms. The molecular formula is C26H36F4O3. The lowest BCUT2D eigenvalue weighted by Gasteiger charge is -2.41. The summed E-state index contributed by atoms with van der Waals surface area (Å²) in [6.45, 7) is 3.90. The predicted octanol–water partition coefficient (Wildman–Crippen LogP) is 7.40. The molecule has 0 N–H and O–H groups in total. The second kappa shape index (κ2) is 10.9. The first-order chi connectivity index (χ1) is 15.9. The quantitative estimate of drug-likeness (QED) is 0.387. The molecule has 0 spiro atoms. The van der Waals surface area contributed by atoms with Crippen molar-refractivity contribution in [2.75, 3.05) is 13.2 Å². The van der Waals surface area contributed by atoms with E-state index in [1.807, 2.05) is 0 Å². The maximum atomic E-state index is 13.1. The van der Waals surface area contributed by atoms with Gasteiger partial charge in [-0.1, -0.05) is 38.3 Å². The number of hydrogen-bond acceptors (Lipinski definition) is 3. The molecule has 0 radical (unpaired) electrons. The van der Waals surface area contributed by atoms with E-state index in [0.29, 0.717) is 17.8 Å². The van der Waals surface area contributed by atoms with E-state index in [2.05, 4.69) is 11.7 Å². The van der Waals surface area contributed by atoms with E-state index in [0.717, 1.165) is 56.3 Å². The van der Waals surface area contributed by atoms with Crippen LogP contribution in [0.15, 0.2) is 24.3 Å². The maximum absolute atomic E-state index is 13.1. The van der Waals surface area contributed by atoms with Gasteiger partial charge < -0.3 is 14.2 Å². The van der Waals surface area contributed by atoms with Crippen molar-refractivity contribution in [3.63, 3.8) is 0 Å². The first-order valence-electron chi connectivity index (χ1n) is 12.5. The minimum absolute atomic E-state index is 0.124. The van der Waals surface area contributed by atoms with E-state index >= 15 is 0 Å². The van der Waals surface area contributed by atoms with Gasteiger partial charge >= 0.3 is 12.5 Å². The van der Waals surface area contributed by atoms with E-state index in [9.17, 15) is 17.6 Å². The lowest BCUT2D eigenvalue weighted by molar-refractivity contribution is -0.253. The summed E-state index contributed by atoms with van der Waals surface area (Å²) in [5.41, 5.74) is 1.02. The SMILES string of the molecule is CCC1CCC(C2COC(C3CCC(c4ccc(OC(F)(F)C(F)F)cc4)CC3)OC2)CC1. The highest BCUT2D eigenvalue weighted by Gasteiger charge is 2.44. The standard InChI is InChI=1S/C26H36F4O3/c1-2-17-3-5-20(6-4-17)22-15-31-24(32-16-22)21-9-7-18(8-10-21)19-11-13-23(14-12-19)33-26(29,30)25(27)28/h11-14,17-18,20-22,24-25H,2-10,15-16H2,1H3. The molecule has 0 unspecified atom stereocenters. The molecule has 0 bridgehead atoms. The summed E-state index contributed by atoms with van der Waals surface area (Å²) in [5, 5.41) is 0. The molecule has 33 heavy (non-hydrogen) atoms. The second-order valence-corrected chi connectivity index (χ2v) is 10.1. The molecule has 2 saturated carbocycles. The fraction of sp³-hybridized carbons (Fsp3) is 0.769. The average Bonchev–Trinajstić information content (AvgIpc) is 2.84. The van der Waals surface area contributed by atoms with Crippen LogP contribution in [-0.4, -0.2) is 32.0 Å². The highest BCUT2D eigenvalue weighted by atomic mass is 19.3. The third-order valence-corrected chi connectivity index (χ3v) is 8.10. The Morgan fingerprint density at radius 2 is 1.42 bits per heavy atom. The molecule has 186 valence electrons. The van der Waals surface area contributed by atoms with E-state index in [1.54, 1.807) is 12.1 Å². The van der Waals surface area contributed by atoms with Crippen LogP contribution < -0.4 is 4.74 Å². The van der Waals surface area contributed by atoms with E-state index in [4.69, 9.17) is 9.47 Å². The number of alkyl halides is 4. The van der Waals surface area contributed by atoms with Gasteiger partial charge in [0.2, 0.25) is 0 Å². The minimum atomic E-state index is -4.48. The minimum Gasteiger partial charge on any atom is -0.428 e. The highest BCUT2D eigenvalue weighted by molar-refractivity contribution is 5.30. The summed E-state index contributed by atoms with van der Waals surface area (Å²) < 4.78 is 67.3. The van der Waals surface area contributed by atoms with Gasteiger partial charge in [0.25, 0.3) is 0 Å². The molecule has 0 atom stereocenters. The Morgan fingerprint density at radius 1 is 0.848 bits per heavy atom. The average molecular weight is 473 g/mol. The smallest absolute Gasteiger partial charge is 0.428 e. The van der Waals surface area contributed by atoms with E-state index in [1.165, 1.54) is 44.2 Å². The van der Waals surface area contributed by atoms with Crippen LogP contribution in [0.1, 0.15) is 76.2 Å². The summed E-state index contributed by atoms with van der Waals surface area (Å²) in [5.74, 6) is 2.60. The summed E-state index contributed by atoms with van der Waals surface area (Å²) in [6.07, 6.45) is 2.02. The fourth-order valence-corrected chi connectivity index (χ4v) is 5.88. The van der Waals surface area contributed by atoms with Crippen molar-refractivity contribution in [2.45, 2.75) is 89.5 Å². The number of halogens is 4. The molecule has 1 heterocycles. The van der Waals surface area contributed by atoms with Crippen LogP contribution in [0, 0.1) is 23.7 Å². The number of benzene rings is 1. The molecular weight excluding hydrogens is 436 g/mol. The summed E-state index contributed by atoms with van der Waals surface area (Å²) in [7, 11) is 0.